The monoisotopic (exact) mass is 436 g/mol. The van der Waals surface area contributed by atoms with E-state index >= 15 is 0 Å². The predicted octanol–water partition coefficient (Wildman–Crippen LogP) is 3.39. The first-order chi connectivity index (χ1) is 15.5. The molecule has 1 aliphatic heterocycles. The zero-order valence-electron chi connectivity index (χ0n) is 18.0. The third kappa shape index (κ3) is 4.09. The Kier molecular flexibility index (Phi) is 5.98. The van der Waals surface area contributed by atoms with Gasteiger partial charge in [-0.2, -0.15) is 0 Å². The molecule has 0 radical (unpaired) electrons. The molecule has 2 amide bonds. The molecule has 0 fully saturated rings. The number of amides is 2. The SMILES string of the molecule is COC(=O)c1cccc(NC(=O)N2CCc3[nH]cnc3[C@H]2c2cc(OC)cc(OC)c2)c1. The molecule has 0 spiro atoms. The zero-order valence-corrected chi connectivity index (χ0v) is 18.0. The summed E-state index contributed by atoms with van der Waals surface area (Å²) in [6.45, 7) is 0.474. The second-order valence-corrected chi connectivity index (χ2v) is 7.26. The number of esters is 1. The number of hydrogen-bond donors (Lipinski definition) is 2. The number of anilines is 1. The van der Waals surface area contributed by atoms with E-state index in [1.54, 1.807) is 55.8 Å². The largest absolute Gasteiger partial charge is 0.497 e. The maximum atomic E-state index is 13.3. The summed E-state index contributed by atoms with van der Waals surface area (Å²) in [4.78, 5) is 34.5. The van der Waals surface area contributed by atoms with Crippen LogP contribution in [-0.4, -0.2) is 54.7 Å². The lowest BCUT2D eigenvalue weighted by molar-refractivity contribution is 0.0600. The standard InChI is InChI=1S/C23H24N4O5/c1-30-17-10-15(11-18(12-17)31-2)21-20-19(24-13-25-20)7-8-27(21)23(29)26-16-6-4-5-14(9-16)22(28)32-3/h4-6,9-13,21H,7-8H2,1-3H3,(H,24,25)(H,26,29)/t21-/m1/s1. The smallest absolute Gasteiger partial charge is 0.337 e. The molecular weight excluding hydrogens is 412 g/mol. The molecular formula is C23H24N4O5. The summed E-state index contributed by atoms with van der Waals surface area (Å²) in [5.41, 5.74) is 3.41. The minimum atomic E-state index is -0.471. The van der Waals surface area contributed by atoms with E-state index in [1.807, 2.05) is 12.1 Å². The van der Waals surface area contributed by atoms with Crippen molar-refractivity contribution in [1.29, 1.82) is 0 Å². The average molecular weight is 436 g/mol. The van der Waals surface area contributed by atoms with Crippen molar-refractivity contribution in [2.45, 2.75) is 12.5 Å². The van der Waals surface area contributed by atoms with Gasteiger partial charge in [-0.1, -0.05) is 6.07 Å². The van der Waals surface area contributed by atoms with Crippen LogP contribution in [0.5, 0.6) is 11.5 Å². The van der Waals surface area contributed by atoms with Crippen molar-refractivity contribution in [3.05, 3.63) is 71.3 Å². The van der Waals surface area contributed by atoms with Crippen LogP contribution in [0.1, 0.15) is 33.4 Å². The van der Waals surface area contributed by atoms with Gasteiger partial charge in [0.1, 0.15) is 17.5 Å². The molecule has 0 saturated carbocycles. The van der Waals surface area contributed by atoms with Crippen molar-refractivity contribution >= 4 is 17.7 Å². The minimum absolute atomic E-state index is 0.313. The Labute approximate surface area is 185 Å². The number of methoxy groups -OCH3 is 3. The van der Waals surface area contributed by atoms with Gasteiger partial charge in [0.2, 0.25) is 0 Å². The fraction of sp³-hybridized carbons (Fsp3) is 0.261. The van der Waals surface area contributed by atoms with Crippen molar-refractivity contribution in [3.63, 3.8) is 0 Å². The van der Waals surface area contributed by atoms with Crippen LogP contribution in [-0.2, 0) is 11.2 Å². The molecule has 1 atom stereocenters. The van der Waals surface area contributed by atoms with Crippen LogP contribution in [0.15, 0.2) is 48.8 Å². The molecule has 1 aliphatic rings. The first-order valence-electron chi connectivity index (χ1n) is 10.0. The number of carbonyl (C=O) groups excluding carboxylic acids is 2. The van der Waals surface area contributed by atoms with E-state index in [1.165, 1.54) is 7.11 Å². The van der Waals surface area contributed by atoms with Crippen LogP contribution in [0.4, 0.5) is 10.5 Å². The number of aromatic amines is 1. The lowest BCUT2D eigenvalue weighted by atomic mass is 9.95. The third-order valence-corrected chi connectivity index (χ3v) is 5.41. The predicted molar refractivity (Wildman–Crippen MR) is 117 cm³/mol. The van der Waals surface area contributed by atoms with Gasteiger partial charge in [0, 0.05) is 30.4 Å². The number of ether oxygens (including phenoxy) is 3. The number of benzene rings is 2. The molecule has 0 aliphatic carbocycles. The molecule has 9 heteroatoms. The molecule has 32 heavy (non-hydrogen) atoms. The van der Waals surface area contributed by atoms with E-state index in [-0.39, 0.29) is 6.03 Å². The second-order valence-electron chi connectivity index (χ2n) is 7.26. The summed E-state index contributed by atoms with van der Waals surface area (Å²) >= 11 is 0. The van der Waals surface area contributed by atoms with E-state index in [2.05, 4.69) is 15.3 Å². The van der Waals surface area contributed by atoms with Gasteiger partial charge < -0.3 is 29.4 Å². The minimum Gasteiger partial charge on any atom is -0.497 e. The van der Waals surface area contributed by atoms with Crippen LogP contribution in [0.3, 0.4) is 0 Å². The van der Waals surface area contributed by atoms with Crippen molar-refractivity contribution in [2.75, 3.05) is 33.2 Å². The third-order valence-electron chi connectivity index (χ3n) is 5.41. The van der Waals surface area contributed by atoms with Gasteiger partial charge in [-0.3, -0.25) is 0 Å². The fourth-order valence-corrected chi connectivity index (χ4v) is 3.86. The van der Waals surface area contributed by atoms with Gasteiger partial charge in [0.25, 0.3) is 0 Å². The van der Waals surface area contributed by atoms with Gasteiger partial charge in [-0.15, -0.1) is 0 Å². The molecule has 166 valence electrons. The highest BCUT2D eigenvalue weighted by Crippen LogP contribution is 2.37. The van der Waals surface area contributed by atoms with Crippen LogP contribution < -0.4 is 14.8 Å². The van der Waals surface area contributed by atoms with Crippen LogP contribution in [0, 0.1) is 0 Å². The van der Waals surface area contributed by atoms with E-state index in [0.717, 1.165) is 17.0 Å². The maximum Gasteiger partial charge on any atom is 0.337 e. The van der Waals surface area contributed by atoms with Crippen LogP contribution in [0.2, 0.25) is 0 Å². The summed E-state index contributed by atoms with van der Waals surface area (Å²) in [7, 11) is 4.48. The number of fused-ring (bicyclic) bond motifs is 1. The summed E-state index contributed by atoms with van der Waals surface area (Å²) in [5.74, 6) is 0.767. The number of aromatic nitrogens is 2. The zero-order chi connectivity index (χ0) is 22.7. The molecule has 2 N–H and O–H groups in total. The summed E-state index contributed by atoms with van der Waals surface area (Å²) in [6, 6.07) is 11.4. The molecule has 0 unspecified atom stereocenters. The van der Waals surface area contributed by atoms with Crippen molar-refractivity contribution in [2.24, 2.45) is 0 Å². The molecule has 9 nitrogen and oxygen atoms in total. The Hall–Kier alpha value is -4.01. The van der Waals surface area contributed by atoms with E-state index in [4.69, 9.17) is 14.2 Å². The Bertz CT molecular complexity index is 1120. The number of hydrogen-bond acceptors (Lipinski definition) is 6. The van der Waals surface area contributed by atoms with Crippen LogP contribution in [0.25, 0.3) is 0 Å². The maximum absolute atomic E-state index is 13.3. The lowest BCUT2D eigenvalue weighted by Crippen LogP contribution is -2.43. The average Bonchev–Trinajstić information content (AvgIpc) is 3.31. The second kappa shape index (κ2) is 9.01. The molecule has 3 aromatic rings. The normalized spacial score (nSPS) is 15.0. The number of rotatable bonds is 5. The number of H-pyrrole nitrogens is 1. The molecule has 2 aromatic carbocycles. The van der Waals surface area contributed by atoms with Crippen molar-refractivity contribution in [1.82, 2.24) is 14.9 Å². The highest BCUT2D eigenvalue weighted by molar-refractivity contribution is 5.94. The van der Waals surface area contributed by atoms with E-state index in [0.29, 0.717) is 35.7 Å². The van der Waals surface area contributed by atoms with E-state index in [9.17, 15) is 9.59 Å². The topological polar surface area (TPSA) is 106 Å². The van der Waals surface area contributed by atoms with Gasteiger partial charge in [-0.25, -0.2) is 14.6 Å². The first kappa shape index (κ1) is 21.2. The summed E-state index contributed by atoms with van der Waals surface area (Å²) in [5, 5.41) is 2.89. The fourth-order valence-electron chi connectivity index (χ4n) is 3.86. The Morgan fingerprint density at radius 1 is 1.09 bits per heavy atom. The summed E-state index contributed by atoms with van der Waals surface area (Å²) in [6.07, 6.45) is 2.28. The number of carbonyl (C=O) groups is 2. The van der Waals surface area contributed by atoms with Crippen molar-refractivity contribution < 1.29 is 23.8 Å². The molecule has 4 rings (SSSR count). The molecule has 0 bridgehead atoms. The van der Waals surface area contributed by atoms with Gasteiger partial charge in [-0.05, 0) is 35.9 Å². The van der Waals surface area contributed by atoms with Gasteiger partial charge in [0.05, 0.1) is 38.9 Å². The number of urea groups is 1. The Morgan fingerprint density at radius 2 is 1.84 bits per heavy atom. The number of nitrogens with zero attached hydrogens (tertiary/aromatic N) is 2. The van der Waals surface area contributed by atoms with Gasteiger partial charge >= 0.3 is 12.0 Å². The van der Waals surface area contributed by atoms with Crippen LogP contribution >= 0.6 is 0 Å². The Balaban J connectivity index is 1.68. The van der Waals surface area contributed by atoms with E-state index < -0.39 is 12.0 Å². The highest BCUT2D eigenvalue weighted by atomic mass is 16.5. The van der Waals surface area contributed by atoms with Gasteiger partial charge in [0.15, 0.2) is 0 Å². The quantitative estimate of drug-likeness (QED) is 0.594. The molecule has 1 aromatic heterocycles. The lowest BCUT2D eigenvalue weighted by Gasteiger charge is -2.35. The van der Waals surface area contributed by atoms with Crippen molar-refractivity contribution in [3.8, 4) is 11.5 Å². The number of nitrogens with one attached hydrogen (secondary N) is 2. The Morgan fingerprint density at radius 3 is 2.53 bits per heavy atom. The first-order valence-corrected chi connectivity index (χ1v) is 10.0. The molecule has 2 heterocycles. The number of imidazole rings is 1. The summed E-state index contributed by atoms with van der Waals surface area (Å²) < 4.78 is 15.6. The molecule has 0 saturated heterocycles. The highest BCUT2D eigenvalue weighted by Gasteiger charge is 2.35.